The number of aliphatic imine (C=N–C) groups is 1. The molecule has 0 radical (unpaired) electrons. The standard InChI is InChI=1S/C17H17N5O3/c1-11-19-16(25)17(20-11)5-8-21(9-6-17)14(23)12-10-18-13-4-2-3-7-22(13)15(12)24/h2-4,7,10H,5-6,8-9H2,1H3,(H,19,20,25). The number of amidine groups is 1. The van der Waals surface area contributed by atoms with Crippen molar-refractivity contribution in [1.82, 2.24) is 19.6 Å². The van der Waals surface area contributed by atoms with Gasteiger partial charge in [0.15, 0.2) is 0 Å². The second kappa shape index (κ2) is 5.51. The predicted octanol–water partition coefficient (Wildman–Crippen LogP) is 0.217. The molecule has 2 aromatic heterocycles. The van der Waals surface area contributed by atoms with Crippen molar-refractivity contribution in [1.29, 1.82) is 0 Å². The quantitative estimate of drug-likeness (QED) is 0.804. The first-order valence-corrected chi connectivity index (χ1v) is 8.14. The number of carbonyl (C=O) groups excluding carboxylic acids is 2. The number of aromatic nitrogens is 2. The molecule has 0 aromatic carbocycles. The molecular weight excluding hydrogens is 322 g/mol. The van der Waals surface area contributed by atoms with Crippen LogP contribution in [0.25, 0.3) is 5.65 Å². The van der Waals surface area contributed by atoms with Crippen LogP contribution in [0.2, 0.25) is 0 Å². The molecule has 8 heteroatoms. The highest BCUT2D eigenvalue weighted by Gasteiger charge is 2.45. The lowest BCUT2D eigenvalue weighted by molar-refractivity contribution is -0.125. The van der Waals surface area contributed by atoms with E-state index in [1.165, 1.54) is 10.6 Å². The Morgan fingerprint density at radius 3 is 2.68 bits per heavy atom. The molecule has 1 saturated heterocycles. The van der Waals surface area contributed by atoms with Crippen LogP contribution in [-0.4, -0.2) is 50.6 Å². The van der Waals surface area contributed by atoms with Gasteiger partial charge in [-0.3, -0.25) is 23.8 Å². The minimum atomic E-state index is -0.766. The molecule has 1 N–H and O–H groups in total. The highest BCUT2D eigenvalue weighted by atomic mass is 16.2. The van der Waals surface area contributed by atoms with Gasteiger partial charge in [0.05, 0.1) is 0 Å². The number of amides is 2. The summed E-state index contributed by atoms with van der Waals surface area (Å²) in [6.07, 6.45) is 3.82. The van der Waals surface area contributed by atoms with E-state index >= 15 is 0 Å². The van der Waals surface area contributed by atoms with Crippen molar-refractivity contribution in [2.75, 3.05) is 13.1 Å². The van der Waals surface area contributed by atoms with Gasteiger partial charge in [0, 0.05) is 25.5 Å². The summed E-state index contributed by atoms with van der Waals surface area (Å²) >= 11 is 0. The Kier molecular flexibility index (Phi) is 3.41. The number of nitrogens with zero attached hydrogens (tertiary/aromatic N) is 4. The molecule has 1 fully saturated rings. The highest BCUT2D eigenvalue weighted by Crippen LogP contribution is 2.30. The number of rotatable bonds is 1. The van der Waals surface area contributed by atoms with E-state index in [4.69, 9.17) is 0 Å². The number of hydrogen-bond donors (Lipinski definition) is 1. The first-order chi connectivity index (χ1) is 12.0. The zero-order chi connectivity index (χ0) is 17.6. The fourth-order valence-corrected chi connectivity index (χ4v) is 3.44. The lowest BCUT2D eigenvalue weighted by Gasteiger charge is -2.35. The van der Waals surface area contributed by atoms with Crippen LogP contribution >= 0.6 is 0 Å². The Bertz CT molecular complexity index is 970. The third-order valence-electron chi connectivity index (χ3n) is 4.82. The maximum atomic E-state index is 12.7. The van der Waals surface area contributed by atoms with E-state index in [0.29, 0.717) is 37.4 Å². The monoisotopic (exact) mass is 339 g/mol. The van der Waals surface area contributed by atoms with Gasteiger partial charge in [-0.1, -0.05) is 6.07 Å². The Morgan fingerprint density at radius 2 is 2.00 bits per heavy atom. The van der Waals surface area contributed by atoms with Crippen LogP contribution in [0.15, 0.2) is 40.4 Å². The van der Waals surface area contributed by atoms with Crippen molar-refractivity contribution in [3.05, 3.63) is 46.5 Å². The molecule has 8 nitrogen and oxygen atoms in total. The van der Waals surface area contributed by atoms with E-state index in [0.717, 1.165) is 0 Å². The summed E-state index contributed by atoms with van der Waals surface area (Å²) in [7, 11) is 0. The van der Waals surface area contributed by atoms with Crippen LogP contribution in [0.3, 0.4) is 0 Å². The maximum absolute atomic E-state index is 12.7. The molecule has 4 heterocycles. The first kappa shape index (κ1) is 15.5. The number of fused-ring (bicyclic) bond motifs is 1. The average molecular weight is 339 g/mol. The lowest BCUT2D eigenvalue weighted by Crippen LogP contribution is -2.51. The van der Waals surface area contributed by atoms with E-state index < -0.39 is 5.54 Å². The van der Waals surface area contributed by atoms with E-state index in [1.807, 2.05) is 0 Å². The van der Waals surface area contributed by atoms with Crippen LogP contribution in [-0.2, 0) is 4.79 Å². The molecule has 0 atom stereocenters. The lowest BCUT2D eigenvalue weighted by atomic mass is 9.88. The number of piperidine rings is 1. The Hall–Kier alpha value is -3.03. The van der Waals surface area contributed by atoms with Crippen molar-refractivity contribution >= 4 is 23.3 Å². The molecule has 2 aliphatic rings. The van der Waals surface area contributed by atoms with Gasteiger partial charge in [-0.05, 0) is 31.9 Å². The number of likely N-dealkylation sites (tertiary alicyclic amines) is 1. The summed E-state index contributed by atoms with van der Waals surface area (Å²) < 4.78 is 1.36. The molecular formula is C17H17N5O3. The van der Waals surface area contributed by atoms with Gasteiger partial charge in [-0.25, -0.2) is 4.98 Å². The number of carbonyl (C=O) groups is 2. The maximum Gasteiger partial charge on any atom is 0.270 e. The number of pyridine rings is 1. The second-order valence-corrected chi connectivity index (χ2v) is 6.38. The summed E-state index contributed by atoms with van der Waals surface area (Å²) in [6, 6.07) is 5.20. The summed E-state index contributed by atoms with van der Waals surface area (Å²) in [4.78, 5) is 47.6. The topological polar surface area (TPSA) is 96.1 Å². The molecule has 0 unspecified atom stereocenters. The van der Waals surface area contributed by atoms with Gasteiger partial charge in [0.2, 0.25) is 0 Å². The van der Waals surface area contributed by atoms with Crippen LogP contribution < -0.4 is 10.9 Å². The summed E-state index contributed by atoms with van der Waals surface area (Å²) in [5.74, 6) is 0.149. The van der Waals surface area contributed by atoms with Crippen LogP contribution in [0.1, 0.15) is 30.1 Å². The molecule has 4 rings (SSSR count). The summed E-state index contributed by atoms with van der Waals surface area (Å²) in [5.41, 5.74) is -0.620. The number of nitrogens with one attached hydrogen (secondary N) is 1. The summed E-state index contributed by atoms with van der Waals surface area (Å²) in [6.45, 7) is 2.51. The van der Waals surface area contributed by atoms with E-state index in [9.17, 15) is 14.4 Å². The molecule has 2 aromatic rings. The van der Waals surface area contributed by atoms with E-state index in [2.05, 4.69) is 15.3 Å². The Morgan fingerprint density at radius 1 is 1.24 bits per heavy atom. The smallest absolute Gasteiger partial charge is 0.270 e. The van der Waals surface area contributed by atoms with Gasteiger partial charge in [-0.15, -0.1) is 0 Å². The van der Waals surface area contributed by atoms with Gasteiger partial charge < -0.3 is 10.2 Å². The molecule has 1 spiro atoms. The fourth-order valence-electron chi connectivity index (χ4n) is 3.44. The summed E-state index contributed by atoms with van der Waals surface area (Å²) in [5, 5.41) is 2.73. The van der Waals surface area contributed by atoms with Crippen molar-refractivity contribution < 1.29 is 9.59 Å². The highest BCUT2D eigenvalue weighted by molar-refractivity contribution is 6.07. The third kappa shape index (κ3) is 2.41. The van der Waals surface area contributed by atoms with Crippen molar-refractivity contribution in [3.63, 3.8) is 0 Å². The third-order valence-corrected chi connectivity index (χ3v) is 4.82. The molecule has 0 bridgehead atoms. The number of hydrogen-bond acceptors (Lipinski definition) is 5. The van der Waals surface area contributed by atoms with Crippen molar-refractivity contribution in [3.8, 4) is 0 Å². The van der Waals surface area contributed by atoms with Gasteiger partial charge in [0.25, 0.3) is 17.4 Å². The molecule has 0 aliphatic carbocycles. The zero-order valence-corrected chi connectivity index (χ0v) is 13.7. The predicted molar refractivity (Wildman–Crippen MR) is 90.6 cm³/mol. The zero-order valence-electron chi connectivity index (χ0n) is 13.7. The van der Waals surface area contributed by atoms with Gasteiger partial charge in [0.1, 0.15) is 22.6 Å². The molecule has 2 aliphatic heterocycles. The van der Waals surface area contributed by atoms with Gasteiger partial charge >= 0.3 is 0 Å². The fraction of sp³-hybridized carbons (Fsp3) is 0.353. The Labute approximate surface area is 143 Å². The van der Waals surface area contributed by atoms with Crippen molar-refractivity contribution in [2.24, 2.45) is 4.99 Å². The molecule has 128 valence electrons. The normalized spacial score (nSPS) is 19.2. The average Bonchev–Trinajstić information content (AvgIpc) is 2.89. The van der Waals surface area contributed by atoms with Crippen LogP contribution in [0.5, 0.6) is 0 Å². The minimum Gasteiger partial charge on any atom is -0.338 e. The molecule has 0 saturated carbocycles. The van der Waals surface area contributed by atoms with Gasteiger partial charge in [-0.2, -0.15) is 0 Å². The first-order valence-electron chi connectivity index (χ1n) is 8.14. The minimum absolute atomic E-state index is 0.0372. The molecule has 2 amide bonds. The Balaban J connectivity index is 1.58. The largest absolute Gasteiger partial charge is 0.338 e. The van der Waals surface area contributed by atoms with Crippen LogP contribution in [0.4, 0.5) is 0 Å². The van der Waals surface area contributed by atoms with E-state index in [-0.39, 0.29) is 22.9 Å². The van der Waals surface area contributed by atoms with E-state index in [1.54, 1.807) is 36.2 Å². The SMILES string of the molecule is CC1=NC2(CCN(C(=O)c3cnc4ccccn4c3=O)CC2)C(=O)N1. The molecule has 25 heavy (non-hydrogen) atoms. The van der Waals surface area contributed by atoms with Crippen LogP contribution in [0, 0.1) is 0 Å². The van der Waals surface area contributed by atoms with Crippen molar-refractivity contribution in [2.45, 2.75) is 25.3 Å². The second-order valence-electron chi connectivity index (χ2n) is 6.38.